The zero-order valence-corrected chi connectivity index (χ0v) is 20.1. The van der Waals surface area contributed by atoms with Crippen LogP contribution in [0.15, 0.2) is 0 Å². The largest absolute Gasteiger partial charge is 2.00 e. The molecular weight excluding hydrogens is 441 g/mol. The predicted octanol–water partition coefficient (Wildman–Crippen LogP) is 9.28. The number of hydrogen-bond acceptors (Lipinski definition) is 0. The molecule has 0 saturated heterocycles. The van der Waals surface area contributed by atoms with E-state index in [0.717, 1.165) is 0 Å². The van der Waals surface area contributed by atoms with Gasteiger partial charge in [0.05, 0.1) is 0 Å². The standard InChI is InChI=1S/2C10H15.F6P.Fe/c2*1-6-7(2)9(4)10(5)8(6)3;1-7(2,3,4,5)6;/h2*1-5H3;;/q3*-1;+2. The second-order valence-corrected chi connectivity index (χ2v) is 9.12. The molecular formula is C20H30F6FeP-. The summed E-state index contributed by atoms with van der Waals surface area (Å²) >= 11 is 0. The Morgan fingerprint density at radius 2 is 0.571 bits per heavy atom. The van der Waals surface area contributed by atoms with Crippen molar-refractivity contribution < 1.29 is 42.3 Å². The Morgan fingerprint density at radius 1 is 0.464 bits per heavy atom. The Balaban J connectivity index is 0. The molecule has 0 aliphatic heterocycles. The molecule has 28 heavy (non-hydrogen) atoms. The van der Waals surface area contributed by atoms with Gasteiger partial charge in [0, 0.05) is 0 Å². The van der Waals surface area contributed by atoms with Gasteiger partial charge in [-0.25, -0.2) is 0 Å². The summed E-state index contributed by atoms with van der Waals surface area (Å²) in [5.74, 6) is 0. The molecule has 0 saturated carbocycles. The number of rotatable bonds is 0. The van der Waals surface area contributed by atoms with Crippen LogP contribution < -0.4 is 0 Å². The molecule has 0 spiro atoms. The van der Waals surface area contributed by atoms with Gasteiger partial charge in [-0.2, -0.15) is 55.6 Å². The van der Waals surface area contributed by atoms with Crippen LogP contribution in [-0.4, -0.2) is 0 Å². The van der Waals surface area contributed by atoms with E-state index in [4.69, 9.17) is 0 Å². The molecule has 166 valence electrons. The van der Waals surface area contributed by atoms with Crippen molar-refractivity contribution >= 4 is 7.81 Å². The quantitative estimate of drug-likeness (QED) is 0.156. The molecule has 0 radical (unpaired) electrons. The molecule has 0 nitrogen and oxygen atoms in total. The van der Waals surface area contributed by atoms with Crippen molar-refractivity contribution in [2.24, 2.45) is 0 Å². The molecule has 2 aromatic carbocycles. The molecule has 2 aromatic rings. The van der Waals surface area contributed by atoms with Crippen LogP contribution in [-0.2, 0) is 17.1 Å². The molecule has 0 bridgehead atoms. The Kier molecular flexibility index (Phi) is 8.97. The molecule has 0 amide bonds. The molecule has 0 aliphatic rings. The van der Waals surface area contributed by atoms with E-state index in [9.17, 15) is 25.2 Å². The normalized spacial score (nSPS) is 13.3. The van der Waals surface area contributed by atoms with E-state index in [1.807, 2.05) is 0 Å². The first-order chi connectivity index (χ1) is 11.6. The molecule has 0 N–H and O–H groups in total. The fourth-order valence-corrected chi connectivity index (χ4v) is 2.81. The maximum Gasteiger partial charge on any atom is 2.00 e. The van der Waals surface area contributed by atoms with Crippen LogP contribution in [0, 0.1) is 69.2 Å². The summed E-state index contributed by atoms with van der Waals surface area (Å²) in [5.41, 5.74) is 14.7. The van der Waals surface area contributed by atoms with E-state index in [2.05, 4.69) is 69.2 Å². The summed E-state index contributed by atoms with van der Waals surface area (Å²) in [4.78, 5) is 0. The Bertz CT molecular complexity index is 596. The Hall–Kier alpha value is -0.771. The zero-order valence-electron chi connectivity index (χ0n) is 18.1. The van der Waals surface area contributed by atoms with Crippen LogP contribution in [0.1, 0.15) is 55.6 Å². The number of hydrogen-bond donors (Lipinski definition) is 0. The SMILES string of the molecule is Cc1c(C)c(C)[c-](C)c1C.Cc1c(C)c(C)[c-](C)c1C.F[P-](F)(F)(F)(F)F.[Fe+2]. The molecule has 0 unspecified atom stereocenters. The maximum atomic E-state index is 9.87. The van der Waals surface area contributed by atoms with E-state index in [-0.39, 0.29) is 17.1 Å². The van der Waals surface area contributed by atoms with Crippen LogP contribution in [0.25, 0.3) is 0 Å². The van der Waals surface area contributed by atoms with Crippen molar-refractivity contribution in [2.45, 2.75) is 69.2 Å². The van der Waals surface area contributed by atoms with Crippen LogP contribution in [0.5, 0.6) is 0 Å². The second-order valence-electron chi connectivity index (χ2n) is 7.21. The van der Waals surface area contributed by atoms with Crippen LogP contribution in [0.2, 0.25) is 0 Å². The van der Waals surface area contributed by atoms with E-state index in [1.54, 1.807) is 0 Å². The van der Waals surface area contributed by atoms with E-state index in [0.29, 0.717) is 0 Å². The molecule has 2 rings (SSSR count). The molecule has 8 heteroatoms. The molecule has 0 heterocycles. The first-order valence-corrected chi connectivity index (χ1v) is 10.5. The Labute approximate surface area is 175 Å². The van der Waals surface area contributed by atoms with Crippen molar-refractivity contribution in [3.05, 3.63) is 55.6 Å². The van der Waals surface area contributed by atoms with Gasteiger partial charge in [0.25, 0.3) is 0 Å². The van der Waals surface area contributed by atoms with E-state index < -0.39 is 7.81 Å². The van der Waals surface area contributed by atoms with E-state index >= 15 is 0 Å². The van der Waals surface area contributed by atoms with Gasteiger partial charge in [-0.05, 0) is 0 Å². The smallest absolute Gasteiger partial charge is 2.00 e. The van der Waals surface area contributed by atoms with Gasteiger partial charge < -0.3 is 0 Å². The Morgan fingerprint density at radius 3 is 0.607 bits per heavy atom. The summed E-state index contributed by atoms with van der Waals surface area (Å²) in [6.45, 7) is 22.0. The topological polar surface area (TPSA) is 0 Å². The maximum absolute atomic E-state index is 10.7. The zero-order chi connectivity index (χ0) is 22.2. The van der Waals surface area contributed by atoms with Gasteiger partial charge in [0.1, 0.15) is 0 Å². The van der Waals surface area contributed by atoms with Gasteiger partial charge in [0.2, 0.25) is 0 Å². The summed E-state index contributed by atoms with van der Waals surface area (Å²) in [6, 6.07) is 0. The minimum atomic E-state index is -10.7. The monoisotopic (exact) mass is 471 g/mol. The van der Waals surface area contributed by atoms with Gasteiger partial charge >= 0.3 is 50.1 Å². The molecule has 0 aliphatic carbocycles. The fourth-order valence-electron chi connectivity index (χ4n) is 2.81. The van der Waals surface area contributed by atoms with Crippen molar-refractivity contribution in [1.29, 1.82) is 0 Å². The molecule has 0 aromatic heterocycles. The summed E-state index contributed by atoms with van der Waals surface area (Å²) in [5, 5.41) is 0. The molecule has 0 atom stereocenters. The predicted molar refractivity (Wildman–Crippen MR) is 105 cm³/mol. The fraction of sp³-hybridized carbons (Fsp3) is 0.500. The molecule has 0 fully saturated rings. The first-order valence-electron chi connectivity index (χ1n) is 8.51. The summed E-state index contributed by atoms with van der Waals surface area (Å²) in [6.07, 6.45) is 0. The van der Waals surface area contributed by atoms with Gasteiger partial charge in [0.15, 0.2) is 0 Å². The van der Waals surface area contributed by atoms with Crippen molar-refractivity contribution in [3.63, 3.8) is 0 Å². The minimum Gasteiger partial charge on any atom is 2.00 e. The second kappa shape index (κ2) is 8.53. The van der Waals surface area contributed by atoms with Crippen molar-refractivity contribution in [3.8, 4) is 0 Å². The number of halogens is 6. The minimum absolute atomic E-state index is 0. The van der Waals surface area contributed by atoms with Gasteiger partial charge in [-0.1, -0.05) is 69.2 Å². The van der Waals surface area contributed by atoms with Crippen molar-refractivity contribution in [2.75, 3.05) is 0 Å². The van der Waals surface area contributed by atoms with Gasteiger partial charge in [-0.3, -0.25) is 0 Å². The third-order valence-electron chi connectivity index (χ3n) is 5.62. The third-order valence-corrected chi connectivity index (χ3v) is 5.62. The average molecular weight is 471 g/mol. The summed E-state index contributed by atoms with van der Waals surface area (Å²) in [7, 11) is -10.7. The van der Waals surface area contributed by atoms with Crippen LogP contribution in [0.4, 0.5) is 25.2 Å². The average Bonchev–Trinajstić information content (AvgIpc) is 2.76. The van der Waals surface area contributed by atoms with Crippen molar-refractivity contribution in [1.82, 2.24) is 0 Å². The van der Waals surface area contributed by atoms with Crippen LogP contribution in [0.3, 0.4) is 0 Å². The first kappa shape index (κ1) is 29.4. The van der Waals surface area contributed by atoms with Crippen LogP contribution >= 0.6 is 7.81 Å². The van der Waals surface area contributed by atoms with Gasteiger partial charge in [-0.15, -0.1) is 0 Å². The summed E-state index contributed by atoms with van der Waals surface area (Å²) < 4.78 is 59.2. The van der Waals surface area contributed by atoms with E-state index in [1.165, 1.54) is 55.6 Å². The third kappa shape index (κ3) is 9.62.